The van der Waals surface area contributed by atoms with Gasteiger partial charge >= 0.3 is 5.97 Å². The van der Waals surface area contributed by atoms with Gasteiger partial charge in [-0.1, -0.05) is 30.3 Å². The predicted molar refractivity (Wildman–Crippen MR) is 121 cm³/mol. The maximum Gasteiger partial charge on any atom is 0.329 e. The van der Waals surface area contributed by atoms with Crippen molar-refractivity contribution in [1.82, 2.24) is 9.80 Å². The van der Waals surface area contributed by atoms with Crippen molar-refractivity contribution in [3.8, 4) is 5.75 Å². The highest BCUT2D eigenvalue weighted by molar-refractivity contribution is 5.88. The maximum atomic E-state index is 13.9. The third-order valence-electron chi connectivity index (χ3n) is 5.59. The number of rotatable bonds is 9. The number of carbonyl (C=O) groups is 3. The quantitative estimate of drug-likeness (QED) is 0.561. The zero-order chi connectivity index (χ0) is 24.7. The minimum atomic E-state index is -1.03. The molecule has 0 spiro atoms. The normalized spacial score (nSPS) is 17.4. The Kier molecular flexibility index (Phi) is 8.59. The molecule has 34 heavy (non-hydrogen) atoms. The number of likely N-dealkylation sites (tertiary alicyclic amines) is 1. The Morgan fingerprint density at radius 1 is 1.15 bits per heavy atom. The molecule has 2 atom stereocenters. The van der Waals surface area contributed by atoms with Gasteiger partial charge in [0.25, 0.3) is 5.91 Å². The number of hydrogen-bond acceptors (Lipinski definition) is 6. The minimum Gasteiger partial charge on any atom is -0.494 e. The van der Waals surface area contributed by atoms with E-state index in [1.807, 2.05) is 31.2 Å². The van der Waals surface area contributed by atoms with Crippen LogP contribution >= 0.6 is 0 Å². The average Bonchev–Trinajstić information content (AvgIpc) is 3.22. The number of aliphatic hydroxyl groups excluding tert-OH is 1. The Labute approximate surface area is 197 Å². The fourth-order valence-electron chi connectivity index (χ4n) is 3.78. The van der Waals surface area contributed by atoms with Crippen LogP contribution in [0, 0.1) is 5.82 Å². The van der Waals surface area contributed by atoms with E-state index >= 15 is 0 Å². The molecule has 182 valence electrons. The highest BCUT2D eigenvalue weighted by atomic mass is 19.1. The Morgan fingerprint density at radius 3 is 2.53 bits per heavy atom. The molecule has 1 heterocycles. The van der Waals surface area contributed by atoms with Crippen molar-refractivity contribution < 1.29 is 33.4 Å². The van der Waals surface area contributed by atoms with E-state index in [1.165, 1.54) is 28.0 Å². The number of nitrogens with zero attached hydrogens (tertiary/aromatic N) is 2. The molecule has 0 aliphatic carbocycles. The summed E-state index contributed by atoms with van der Waals surface area (Å²) >= 11 is 0. The van der Waals surface area contributed by atoms with E-state index in [1.54, 1.807) is 13.1 Å². The molecule has 1 N–H and O–H groups in total. The van der Waals surface area contributed by atoms with E-state index in [-0.39, 0.29) is 24.9 Å². The summed E-state index contributed by atoms with van der Waals surface area (Å²) in [4.78, 5) is 40.4. The van der Waals surface area contributed by atoms with Gasteiger partial charge in [0.1, 0.15) is 17.6 Å². The van der Waals surface area contributed by atoms with Crippen LogP contribution in [-0.4, -0.2) is 71.6 Å². The molecule has 9 heteroatoms. The number of benzene rings is 2. The SMILES string of the molecule is CCOc1ccc(CN(C)C(=O)COC(=O)C2CC(O)CN2C(=O)Cc2ccccc2F)cc1. The second-order valence-electron chi connectivity index (χ2n) is 8.15. The van der Waals surface area contributed by atoms with Crippen molar-refractivity contribution >= 4 is 17.8 Å². The number of aliphatic hydroxyl groups is 1. The molecule has 0 bridgehead atoms. The lowest BCUT2D eigenvalue weighted by Gasteiger charge is -2.24. The van der Waals surface area contributed by atoms with Gasteiger partial charge in [-0.25, -0.2) is 9.18 Å². The molecular formula is C25H29FN2O6. The lowest BCUT2D eigenvalue weighted by molar-refractivity contribution is -0.157. The Hall–Kier alpha value is -3.46. The molecule has 0 saturated carbocycles. The van der Waals surface area contributed by atoms with Crippen LogP contribution in [0.5, 0.6) is 5.75 Å². The van der Waals surface area contributed by atoms with Crippen LogP contribution in [0.2, 0.25) is 0 Å². The van der Waals surface area contributed by atoms with E-state index < -0.39 is 42.4 Å². The van der Waals surface area contributed by atoms with Crippen molar-refractivity contribution in [2.75, 3.05) is 26.8 Å². The number of amides is 2. The number of esters is 1. The van der Waals surface area contributed by atoms with Gasteiger partial charge in [0.15, 0.2) is 6.61 Å². The Bertz CT molecular complexity index is 1010. The smallest absolute Gasteiger partial charge is 0.329 e. The van der Waals surface area contributed by atoms with Crippen LogP contribution in [0.25, 0.3) is 0 Å². The molecule has 1 aliphatic heterocycles. The number of hydrogen-bond donors (Lipinski definition) is 1. The van der Waals surface area contributed by atoms with Gasteiger partial charge in [0, 0.05) is 26.6 Å². The lowest BCUT2D eigenvalue weighted by atomic mass is 10.1. The van der Waals surface area contributed by atoms with E-state index in [9.17, 15) is 23.9 Å². The highest BCUT2D eigenvalue weighted by Gasteiger charge is 2.40. The zero-order valence-corrected chi connectivity index (χ0v) is 19.3. The highest BCUT2D eigenvalue weighted by Crippen LogP contribution is 2.21. The average molecular weight is 473 g/mol. The summed E-state index contributed by atoms with van der Waals surface area (Å²) in [5.41, 5.74) is 1.08. The molecular weight excluding hydrogens is 443 g/mol. The van der Waals surface area contributed by atoms with Crippen molar-refractivity contribution in [3.63, 3.8) is 0 Å². The summed E-state index contributed by atoms with van der Waals surface area (Å²) in [5, 5.41) is 10.0. The molecule has 8 nitrogen and oxygen atoms in total. The van der Waals surface area contributed by atoms with Crippen LogP contribution in [0.15, 0.2) is 48.5 Å². The van der Waals surface area contributed by atoms with E-state index in [2.05, 4.69) is 0 Å². The molecule has 2 amide bonds. The first-order chi connectivity index (χ1) is 16.3. The molecule has 3 rings (SSSR count). The first-order valence-electron chi connectivity index (χ1n) is 11.1. The van der Waals surface area contributed by atoms with E-state index in [4.69, 9.17) is 9.47 Å². The van der Waals surface area contributed by atoms with Crippen LogP contribution in [0.1, 0.15) is 24.5 Å². The molecule has 2 aromatic carbocycles. The summed E-state index contributed by atoms with van der Waals surface area (Å²) in [6, 6.07) is 12.2. The van der Waals surface area contributed by atoms with Gasteiger partial charge in [0.05, 0.1) is 19.1 Å². The summed E-state index contributed by atoms with van der Waals surface area (Å²) in [6.45, 7) is 2.23. The molecule has 0 aromatic heterocycles. The number of likely N-dealkylation sites (N-methyl/N-ethyl adjacent to an activating group) is 1. The topological polar surface area (TPSA) is 96.4 Å². The van der Waals surface area contributed by atoms with Gasteiger partial charge in [-0.05, 0) is 36.2 Å². The lowest BCUT2D eigenvalue weighted by Crippen LogP contribution is -2.43. The molecule has 2 unspecified atom stereocenters. The number of ether oxygens (including phenoxy) is 2. The third kappa shape index (κ3) is 6.54. The summed E-state index contributed by atoms with van der Waals surface area (Å²) < 4.78 is 24.5. The van der Waals surface area contributed by atoms with Crippen LogP contribution in [0.4, 0.5) is 4.39 Å². The van der Waals surface area contributed by atoms with Crippen molar-refractivity contribution in [3.05, 3.63) is 65.5 Å². The van der Waals surface area contributed by atoms with Gasteiger partial charge in [-0.2, -0.15) is 0 Å². The largest absolute Gasteiger partial charge is 0.494 e. The van der Waals surface area contributed by atoms with Crippen LogP contribution in [0.3, 0.4) is 0 Å². The number of carbonyl (C=O) groups excluding carboxylic acids is 3. The fraction of sp³-hybridized carbons (Fsp3) is 0.400. The Balaban J connectivity index is 1.53. The fourth-order valence-corrected chi connectivity index (χ4v) is 3.78. The molecule has 2 aromatic rings. The van der Waals surface area contributed by atoms with Crippen LogP contribution < -0.4 is 4.74 Å². The third-order valence-corrected chi connectivity index (χ3v) is 5.59. The van der Waals surface area contributed by atoms with Gasteiger partial charge in [-0.15, -0.1) is 0 Å². The van der Waals surface area contributed by atoms with Crippen molar-refractivity contribution in [2.45, 2.75) is 38.5 Å². The standard InChI is InChI=1S/C25H29FN2O6/c1-3-33-20-10-8-17(9-11-20)14-27(2)24(31)16-34-25(32)22-13-19(29)15-28(22)23(30)12-18-6-4-5-7-21(18)26/h4-11,19,22,29H,3,12-16H2,1-2H3. The number of β-amino-alcohol motifs (C(OH)–C–C–N with tert-alkyl or cyclic N) is 1. The molecule has 0 radical (unpaired) electrons. The number of halogens is 1. The van der Waals surface area contributed by atoms with Gasteiger partial charge in [0.2, 0.25) is 5.91 Å². The summed E-state index contributed by atoms with van der Waals surface area (Å²) in [6.07, 6.45) is -1.15. The first-order valence-corrected chi connectivity index (χ1v) is 11.1. The summed E-state index contributed by atoms with van der Waals surface area (Å²) in [7, 11) is 1.59. The second kappa shape index (κ2) is 11.6. The second-order valence-corrected chi connectivity index (χ2v) is 8.15. The van der Waals surface area contributed by atoms with Crippen molar-refractivity contribution in [1.29, 1.82) is 0 Å². The van der Waals surface area contributed by atoms with Gasteiger partial charge < -0.3 is 24.4 Å². The maximum absolute atomic E-state index is 13.9. The first kappa shape index (κ1) is 25.2. The van der Waals surface area contributed by atoms with Gasteiger partial charge in [-0.3, -0.25) is 9.59 Å². The minimum absolute atomic E-state index is 0.00193. The van der Waals surface area contributed by atoms with Crippen LogP contribution in [-0.2, 0) is 32.1 Å². The molecule has 1 saturated heterocycles. The monoisotopic (exact) mass is 472 g/mol. The molecule has 1 fully saturated rings. The van der Waals surface area contributed by atoms with Crippen molar-refractivity contribution in [2.24, 2.45) is 0 Å². The zero-order valence-electron chi connectivity index (χ0n) is 19.3. The van der Waals surface area contributed by atoms with E-state index in [0.717, 1.165) is 11.3 Å². The Morgan fingerprint density at radius 2 is 1.85 bits per heavy atom. The van der Waals surface area contributed by atoms with E-state index in [0.29, 0.717) is 13.2 Å². The summed E-state index contributed by atoms with van der Waals surface area (Å²) in [5.74, 6) is -1.47. The molecule has 1 aliphatic rings. The predicted octanol–water partition coefficient (Wildman–Crippen LogP) is 1.93.